The SMILES string of the molecule is N/N=N/N1CCCC1C(C1CCCC1)C1CCCN1. The molecule has 1 saturated carbocycles. The summed E-state index contributed by atoms with van der Waals surface area (Å²) in [7, 11) is 0. The van der Waals surface area contributed by atoms with Crippen LogP contribution < -0.4 is 11.2 Å². The van der Waals surface area contributed by atoms with Crippen LogP contribution in [0.2, 0.25) is 0 Å². The Hall–Kier alpha value is -0.840. The lowest BCUT2D eigenvalue weighted by atomic mass is 9.78. The van der Waals surface area contributed by atoms with Crippen LogP contribution in [0, 0.1) is 11.8 Å². The smallest absolute Gasteiger partial charge is 0.0534 e. The molecule has 0 radical (unpaired) electrons. The Kier molecular flexibility index (Phi) is 4.21. The lowest BCUT2D eigenvalue weighted by Gasteiger charge is -2.37. The van der Waals surface area contributed by atoms with E-state index in [1.165, 1.54) is 57.9 Å². The molecule has 3 rings (SSSR count). The highest BCUT2D eigenvalue weighted by Gasteiger charge is 2.42. The zero-order valence-corrected chi connectivity index (χ0v) is 11.8. The predicted octanol–water partition coefficient (Wildman–Crippen LogP) is 2.25. The molecule has 3 aliphatic rings. The zero-order chi connectivity index (χ0) is 13.1. The summed E-state index contributed by atoms with van der Waals surface area (Å²) in [4.78, 5) is 0. The van der Waals surface area contributed by atoms with Gasteiger partial charge in [0.25, 0.3) is 0 Å². The molecule has 0 spiro atoms. The summed E-state index contributed by atoms with van der Waals surface area (Å²) in [6.45, 7) is 2.22. The molecule has 3 fully saturated rings. The first-order chi connectivity index (χ1) is 9.40. The summed E-state index contributed by atoms with van der Waals surface area (Å²) >= 11 is 0. The lowest BCUT2D eigenvalue weighted by molar-refractivity contribution is 0.112. The molecule has 0 aromatic rings. The van der Waals surface area contributed by atoms with E-state index in [-0.39, 0.29) is 0 Å². The minimum atomic E-state index is 0.561. The third-order valence-electron chi connectivity index (χ3n) is 5.39. The molecule has 5 heteroatoms. The van der Waals surface area contributed by atoms with E-state index in [1.807, 2.05) is 0 Å². The van der Waals surface area contributed by atoms with Gasteiger partial charge in [0.1, 0.15) is 0 Å². The van der Waals surface area contributed by atoms with Crippen LogP contribution in [0.25, 0.3) is 0 Å². The van der Waals surface area contributed by atoms with Gasteiger partial charge in [-0.1, -0.05) is 36.1 Å². The van der Waals surface area contributed by atoms with Crippen LogP contribution in [0.4, 0.5) is 0 Å². The van der Waals surface area contributed by atoms with Crippen LogP contribution in [-0.4, -0.2) is 30.2 Å². The average Bonchev–Trinajstić information content (AvgIpc) is 3.14. The maximum atomic E-state index is 5.28. The molecule has 3 N–H and O–H groups in total. The van der Waals surface area contributed by atoms with Crippen molar-refractivity contribution in [3.63, 3.8) is 0 Å². The fraction of sp³-hybridized carbons (Fsp3) is 1.00. The highest BCUT2D eigenvalue weighted by atomic mass is 15.6. The molecular formula is C14H27N5. The summed E-state index contributed by atoms with van der Waals surface area (Å²) < 4.78 is 0. The van der Waals surface area contributed by atoms with Gasteiger partial charge in [0.15, 0.2) is 0 Å². The second kappa shape index (κ2) is 6.07. The second-order valence-electron chi connectivity index (χ2n) is 6.40. The third kappa shape index (κ3) is 2.71. The van der Waals surface area contributed by atoms with Gasteiger partial charge in [-0.15, -0.1) is 0 Å². The monoisotopic (exact) mass is 265 g/mol. The maximum absolute atomic E-state index is 5.28. The van der Waals surface area contributed by atoms with Gasteiger partial charge in [-0.2, -0.15) is 0 Å². The third-order valence-corrected chi connectivity index (χ3v) is 5.39. The van der Waals surface area contributed by atoms with Gasteiger partial charge in [-0.05, 0) is 44.1 Å². The summed E-state index contributed by atoms with van der Waals surface area (Å²) in [5.41, 5.74) is 0. The van der Waals surface area contributed by atoms with Crippen LogP contribution in [0.15, 0.2) is 10.4 Å². The summed E-state index contributed by atoms with van der Waals surface area (Å²) in [6, 6.07) is 1.26. The summed E-state index contributed by atoms with van der Waals surface area (Å²) in [5, 5.41) is 13.6. The van der Waals surface area contributed by atoms with Gasteiger partial charge in [0.2, 0.25) is 0 Å². The molecule has 3 atom stereocenters. The fourth-order valence-electron chi connectivity index (χ4n) is 4.64. The molecule has 19 heavy (non-hydrogen) atoms. The number of nitrogens with zero attached hydrogens (tertiary/aromatic N) is 3. The van der Waals surface area contributed by atoms with Crippen LogP contribution in [0.3, 0.4) is 0 Å². The minimum Gasteiger partial charge on any atom is -0.314 e. The van der Waals surface area contributed by atoms with Gasteiger partial charge in [-0.25, -0.2) is 0 Å². The van der Waals surface area contributed by atoms with Gasteiger partial charge in [0, 0.05) is 12.6 Å². The first kappa shape index (κ1) is 13.2. The van der Waals surface area contributed by atoms with E-state index in [9.17, 15) is 0 Å². The molecule has 0 aromatic carbocycles. The summed E-state index contributed by atoms with van der Waals surface area (Å²) in [5.74, 6) is 6.91. The zero-order valence-electron chi connectivity index (χ0n) is 11.8. The van der Waals surface area contributed by atoms with Crippen LogP contribution in [0.5, 0.6) is 0 Å². The standard InChI is InChI=1S/C14H27N5/c15-17-18-19-10-4-8-13(19)14(11-5-1-2-6-11)12-7-3-9-16-12/h11-14,16H,1-10H2,(H2,15,18). The largest absolute Gasteiger partial charge is 0.314 e. The number of nitrogens with one attached hydrogen (secondary N) is 1. The van der Waals surface area contributed by atoms with Crippen molar-refractivity contribution in [2.75, 3.05) is 13.1 Å². The van der Waals surface area contributed by atoms with Crippen LogP contribution in [-0.2, 0) is 0 Å². The lowest BCUT2D eigenvalue weighted by Crippen LogP contribution is -2.46. The van der Waals surface area contributed by atoms with Gasteiger partial charge >= 0.3 is 0 Å². The van der Waals surface area contributed by atoms with Gasteiger partial charge < -0.3 is 11.2 Å². The van der Waals surface area contributed by atoms with E-state index in [2.05, 4.69) is 20.8 Å². The molecule has 0 aromatic heterocycles. The van der Waals surface area contributed by atoms with E-state index in [0.29, 0.717) is 12.1 Å². The Labute approximate surface area is 116 Å². The van der Waals surface area contributed by atoms with Crippen LogP contribution >= 0.6 is 0 Å². The number of hydrogen-bond donors (Lipinski definition) is 2. The van der Waals surface area contributed by atoms with Crippen molar-refractivity contribution < 1.29 is 0 Å². The Morgan fingerprint density at radius 3 is 2.58 bits per heavy atom. The predicted molar refractivity (Wildman–Crippen MR) is 75.2 cm³/mol. The molecule has 0 amide bonds. The molecule has 0 bridgehead atoms. The van der Waals surface area contributed by atoms with Gasteiger partial charge in [-0.3, -0.25) is 5.01 Å². The van der Waals surface area contributed by atoms with E-state index in [4.69, 9.17) is 5.84 Å². The Balaban J connectivity index is 1.76. The van der Waals surface area contributed by atoms with Crippen molar-refractivity contribution >= 4 is 0 Å². The van der Waals surface area contributed by atoms with Crippen molar-refractivity contribution in [1.29, 1.82) is 0 Å². The van der Waals surface area contributed by atoms with E-state index in [1.54, 1.807) is 0 Å². The number of rotatable bonds is 4. The molecule has 2 saturated heterocycles. The highest BCUT2D eigenvalue weighted by molar-refractivity contribution is 4.96. The van der Waals surface area contributed by atoms with Crippen molar-refractivity contribution in [3.8, 4) is 0 Å². The Bertz CT molecular complexity index is 291. The van der Waals surface area contributed by atoms with Crippen LogP contribution in [0.1, 0.15) is 51.4 Å². The first-order valence-electron chi connectivity index (χ1n) is 8.01. The fourth-order valence-corrected chi connectivity index (χ4v) is 4.64. The molecule has 1 aliphatic carbocycles. The molecule has 2 heterocycles. The minimum absolute atomic E-state index is 0.561. The molecule has 3 unspecified atom stereocenters. The van der Waals surface area contributed by atoms with E-state index >= 15 is 0 Å². The first-order valence-corrected chi connectivity index (χ1v) is 8.01. The van der Waals surface area contributed by atoms with E-state index in [0.717, 1.165) is 18.4 Å². The van der Waals surface area contributed by atoms with E-state index < -0.39 is 0 Å². The summed E-state index contributed by atoms with van der Waals surface area (Å²) in [6.07, 6.45) is 10.8. The number of nitrogens with two attached hydrogens (primary N) is 1. The number of hydrogen-bond acceptors (Lipinski definition) is 3. The van der Waals surface area contributed by atoms with Crippen molar-refractivity contribution in [3.05, 3.63) is 0 Å². The van der Waals surface area contributed by atoms with Crippen molar-refractivity contribution in [1.82, 2.24) is 10.3 Å². The average molecular weight is 265 g/mol. The highest BCUT2D eigenvalue weighted by Crippen LogP contribution is 2.41. The molecule has 2 aliphatic heterocycles. The molecular weight excluding hydrogens is 238 g/mol. The second-order valence-corrected chi connectivity index (χ2v) is 6.40. The molecule has 108 valence electrons. The Morgan fingerprint density at radius 1 is 1.05 bits per heavy atom. The Morgan fingerprint density at radius 2 is 1.89 bits per heavy atom. The maximum Gasteiger partial charge on any atom is 0.0534 e. The quantitative estimate of drug-likeness (QED) is 0.465. The molecule has 5 nitrogen and oxygen atoms in total. The normalized spacial score (nSPS) is 34.6. The van der Waals surface area contributed by atoms with Gasteiger partial charge in [0.05, 0.1) is 6.04 Å². The topological polar surface area (TPSA) is 66.0 Å². The van der Waals surface area contributed by atoms with Crippen molar-refractivity contribution in [2.45, 2.75) is 63.5 Å². The van der Waals surface area contributed by atoms with Crippen molar-refractivity contribution in [2.24, 2.45) is 28.1 Å².